The van der Waals surface area contributed by atoms with E-state index in [1.54, 1.807) is 13.8 Å². The van der Waals surface area contributed by atoms with Crippen molar-refractivity contribution >= 4 is 23.8 Å². The Balaban J connectivity index is 1.87. The van der Waals surface area contributed by atoms with E-state index < -0.39 is 66.3 Å². The van der Waals surface area contributed by atoms with Crippen molar-refractivity contribution in [3.8, 4) is 11.5 Å². The van der Waals surface area contributed by atoms with E-state index in [-0.39, 0.29) is 17.9 Å². The molecule has 1 aliphatic rings. The monoisotopic (exact) mass is 515 g/mol. The number of ether oxygens (including phenoxy) is 4. The molecule has 0 spiro atoms. The van der Waals surface area contributed by atoms with Gasteiger partial charge in [-0.2, -0.15) is 0 Å². The Bertz CT molecular complexity index is 1140. The first-order chi connectivity index (χ1) is 17.6. The Morgan fingerprint density at radius 3 is 2.51 bits per heavy atom. The molecule has 3 unspecified atom stereocenters. The standard InChI is InChI=1S/C26H30N2O9/c1-14(2)24(31)37-22-15(3)36-26(33)18(28-23(30)20-21(29)19(34-4)10-11-27-20)13-35-25(32)17(22)12-16-8-6-5-7-9-16/h5-11,14-15,17-18,22,29H,12-13H2,1-4H3,(H,28,30)/p+1/t15?,17?,18?,22-/m0/s1. The smallest absolute Gasteiger partial charge is 0.369 e. The number of primary amides is 1. The molecule has 3 N–H and O–H groups in total. The van der Waals surface area contributed by atoms with E-state index in [1.165, 1.54) is 26.3 Å². The van der Waals surface area contributed by atoms with E-state index in [2.05, 4.69) is 4.98 Å². The van der Waals surface area contributed by atoms with Gasteiger partial charge in [-0.3, -0.25) is 14.9 Å². The largest absolute Gasteiger partial charge is 0.503 e. The molecule has 0 radical (unpaired) electrons. The maximum absolute atomic E-state index is 13.2. The lowest BCUT2D eigenvalue weighted by Crippen LogP contribution is -2.96. The minimum Gasteiger partial charge on any atom is -0.503 e. The van der Waals surface area contributed by atoms with Gasteiger partial charge in [-0.25, -0.2) is 14.6 Å². The van der Waals surface area contributed by atoms with E-state index in [9.17, 15) is 24.3 Å². The van der Waals surface area contributed by atoms with Crippen molar-refractivity contribution < 1.29 is 48.5 Å². The first-order valence-electron chi connectivity index (χ1n) is 11.8. The second-order valence-electron chi connectivity index (χ2n) is 8.97. The summed E-state index contributed by atoms with van der Waals surface area (Å²) >= 11 is 0. The van der Waals surface area contributed by atoms with Crippen molar-refractivity contribution in [3.63, 3.8) is 0 Å². The predicted molar refractivity (Wildman–Crippen MR) is 127 cm³/mol. The number of quaternary nitrogens is 1. The van der Waals surface area contributed by atoms with Crippen LogP contribution in [-0.2, 0) is 35.0 Å². The molecular formula is C26H31N2O9+. The van der Waals surface area contributed by atoms with Gasteiger partial charge in [-0.1, -0.05) is 44.2 Å². The molecule has 1 fully saturated rings. The van der Waals surface area contributed by atoms with E-state index in [0.717, 1.165) is 10.9 Å². The Morgan fingerprint density at radius 2 is 1.86 bits per heavy atom. The fraction of sp³-hybridized carbons (Fsp3) is 0.423. The minimum atomic E-state index is -1.29. The Labute approximate surface area is 214 Å². The zero-order valence-electron chi connectivity index (χ0n) is 21.1. The Morgan fingerprint density at radius 1 is 1.16 bits per heavy atom. The second kappa shape index (κ2) is 12.3. The van der Waals surface area contributed by atoms with Crippen LogP contribution in [0.5, 0.6) is 11.5 Å². The third-order valence-electron chi connectivity index (χ3n) is 5.89. The van der Waals surface area contributed by atoms with Crippen molar-refractivity contribution in [2.45, 2.75) is 45.4 Å². The molecule has 1 aliphatic heterocycles. The van der Waals surface area contributed by atoms with Crippen LogP contribution in [0.3, 0.4) is 0 Å². The number of nitrogens with zero attached hydrogens (tertiary/aromatic N) is 1. The highest BCUT2D eigenvalue weighted by molar-refractivity contribution is 5.90. The van der Waals surface area contributed by atoms with Gasteiger partial charge in [0.15, 0.2) is 24.2 Å². The molecular weight excluding hydrogens is 484 g/mol. The topological polar surface area (TPSA) is 155 Å². The summed E-state index contributed by atoms with van der Waals surface area (Å²) < 4.78 is 21.6. The van der Waals surface area contributed by atoms with Crippen molar-refractivity contribution in [2.24, 2.45) is 11.8 Å². The molecule has 11 heteroatoms. The molecule has 37 heavy (non-hydrogen) atoms. The minimum absolute atomic E-state index is 0.0300. The summed E-state index contributed by atoms with van der Waals surface area (Å²) in [4.78, 5) is 55.4. The number of amides is 1. The van der Waals surface area contributed by atoms with Gasteiger partial charge in [-0.15, -0.1) is 0 Å². The van der Waals surface area contributed by atoms with Gasteiger partial charge < -0.3 is 24.1 Å². The number of pyridine rings is 1. The van der Waals surface area contributed by atoms with Crippen LogP contribution in [0.25, 0.3) is 0 Å². The number of nitrogens with two attached hydrogens (primary N) is 1. The molecule has 1 saturated heterocycles. The number of benzene rings is 1. The van der Waals surface area contributed by atoms with Gasteiger partial charge in [0, 0.05) is 12.3 Å². The third-order valence-corrected chi connectivity index (χ3v) is 5.89. The molecule has 4 atom stereocenters. The van der Waals surface area contributed by atoms with Crippen LogP contribution in [0.1, 0.15) is 36.8 Å². The van der Waals surface area contributed by atoms with Gasteiger partial charge in [0.25, 0.3) is 0 Å². The molecule has 11 nitrogen and oxygen atoms in total. The first-order valence-corrected chi connectivity index (χ1v) is 11.8. The molecule has 2 aromatic rings. The number of aromatic nitrogens is 1. The zero-order chi connectivity index (χ0) is 27.1. The van der Waals surface area contributed by atoms with E-state index in [0.29, 0.717) is 0 Å². The van der Waals surface area contributed by atoms with Gasteiger partial charge in [0.05, 0.1) is 13.0 Å². The SMILES string of the molecule is COc1ccnc(C(=O)[NH2+]C2COC(=O)C(Cc3ccccc3)[C@@H](OC(=O)C(C)C)C(C)OC2=O)c1O. The van der Waals surface area contributed by atoms with Crippen LogP contribution in [0.15, 0.2) is 42.6 Å². The number of esters is 3. The van der Waals surface area contributed by atoms with Gasteiger partial charge >= 0.3 is 23.8 Å². The lowest BCUT2D eigenvalue weighted by atomic mass is 9.91. The number of carbonyl (C=O) groups excluding carboxylic acids is 4. The van der Waals surface area contributed by atoms with Crippen LogP contribution >= 0.6 is 0 Å². The van der Waals surface area contributed by atoms with Crippen LogP contribution in [0, 0.1) is 11.8 Å². The summed E-state index contributed by atoms with van der Waals surface area (Å²) in [6, 6.07) is 9.18. The number of cyclic esters (lactones) is 2. The van der Waals surface area contributed by atoms with Crippen molar-refractivity contribution in [3.05, 3.63) is 53.9 Å². The molecule has 3 rings (SSSR count). The zero-order valence-corrected chi connectivity index (χ0v) is 21.1. The van der Waals surface area contributed by atoms with Gasteiger partial charge in [0.2, 0.25) is 11.7 Å². The predicted octanol–water partition coefficient (Wildman–Crippen LogP) is 0.783. The van der Waals surface area contributed by atoms with Crippen LogP contribution < -0.4 is 10.1 Å². The number of methoxy groups -OCH3 is 1. The third kappa shape index (κ3) is 6.82. The number of carbonyl (C=O) groups is 4. The average molecular weight is 516 g/mol. The van der Waals surface area contributed by atoms with Gasteiger partial charge in [-0.05, 0) is 18.9 Å². The van der Waals surface area contributed by atoms with Crippen molar-refractivity contribution in [2.75, 3.05) is 13.7 Å². The summed E-state index contributed by atoms with van der Waals surface area (Å²) in [5, 5.41) is 11.2. The van der Waals surface area contributed by atoms with Crippen molar-refractivity contribution in [1.82, 2.24) is 4.98 Å². The molecule has 0 bridgehead atoms. The fourth-order valence-corrected chi connectivity index (χ4v) is 3.82. The number of hydrogen-bond donors (Lipinski definition) is 2. The van der Waals surface area contributed by atoms with Crippen LogP contribution in [0.2, 0.25) is 0 Å². The van der Waals surface area contributed by atoms with E-state index in [4.69, 9.17) is 18.9 Å². The first kappa shape index (κ1) is 27.6. The normalized spacial score (nSPS) is 22.2. The Hall–Kier alpha value is -3.99. The molecule has 0 aliphatic carbocycles. The highest BCUT2D eigenvalue weighted by Crippen LogP contribution is 2.27. The number of hydrogen-bond acceptors (Lipinski definition) is 10. The Kier molecular flexibility index (Phi) is 9.18. The maximum Gasteiger partial charge on any atom is 0.369 e. The summed E-state index contributed by atoms with van der Waals surface area (Å²) in [6.07, 6.45) is -0.702. The number of rotatable bonds is 7. The van der Waals surface area contributed by atoms with Crippen molar-refractivity contribution in [1.29, 1.82) is 0 Å². The maximum atomic E-state index is 13.2. The van der Waals surface area contributed by atoms with Gasteiger partial charge in [0.1, 0.15) is 12.0 Å². The lowest BCUT2D eigenvalue weighted by Gasteiger charge is -2.29. The summed E-state index contributed by atoms with van der Waals surface area (Å²) in [5.74, 6) is -4.82. The molecule has 1 amide bonds. The second-order valence-corrected chi connectivity index (χ2v) is 8.97. The fourth-order valence-electron chi connectivity index (χ4n) is 3.82. The average Bonchev–Trinajstić information content (AvgIpc) is 2.91. The summed E-state index contributed by atoms with van der Waals surface area (Å²) in [7, 11) is 1.32. The molecule has 0 saturated carbocycles. The summed E-state index contributed by atoms with van der Waals surface area (Å²) in [6.45, 7) is 4.33. The molecule has 1 aromatic carbocycles. The number of aromatic hydroxyl groups is 1. The van der Waals surface area contributed by atoms with E-state index >= 15 is 0 Å². The van der Waals surface area contributed by atoms with E-state index in [1.807, 2.05) is 30.3 Å². The highest BCUT2D eigenvalue weighted by atomic mass is 16.6. The summed E-state index contributed by atoms with van der Waals surface area (Å²) in [5.41, 5.74) is 0.461. The van der Waals surface area contributed by atoms with Crippen LogP contribution in [0.4, 0.5) is 0 Å². The highest BCUT2D eigenvalue weighted by Gasteiger charge is 2.43. The van der Waals surface area contributed by atoms with Crippen LogP contribution in [-0.4, -0.2) is 65.9 Å². The molecule has 198 valence electrons. The lowest BCUT2D eigenvalue weighted by molar-refractivity contribution is -0.585. The molecule has 1 aromatic heterocycles. The quantitative estimate of drug-likeness (QED) is 0.399. The molecule has 2 heterocycles.